The topological polar surface area (TPSA) is 89.9 Å². The third kappa shape index (κ3) is 3.90. The molecule has 1 saturated heterocycles. The number of nitrogens with one attached hydrogen (secondary N) is 1. The molecule has 2 N–H and O–H groups in total. The Morgan fingerprint density at radius 3 is 2.81 bits per heavy atom. The summed E-state index contributed by atoms with van der Waals surface area (Å²) in [4.78, 5) is 38.3. The lowest BCUT2D eigenvalue weighted by Gasteiger charge is -2.29. The number of alkyl halides is 2. The van der Waals surface area contributed by atoms with E-state index in [-0.39, 0.29) is 12.3 Å². The van der Waals surface area contributed by atoms with E-state index < -0.39 is 36.8 Å². The van der Waals surface area contributed by atoms with Gasteiger partial charge in [-0.3, -0.25) is 9.59 Å². The van der Waals surface area contributed by atoms with Gasteiger partial charge in [0, 0.05) is 23.7 Å². The number of carbonyl (C=O) groups is 3. The molecule has 10 heteroatoms. The van der Waals surface area contributed by atoms with E-state index in [1.807, 2.05) is 0 Å². The van der Waals surface area contributed by atoms with Gasteiger partial charge in [0.2, 0.25) is 5.91 Å². The fraction of sp³-hybridized carbons (Fsp3) is 0.438. The summed E-state index contributed by atoms with van der Waals surface area (Å²) in [5.41, 5.74) is 0.705. The predicted molar refractivity (Wildman–Crippen MR) is 91.9 cm³/mol. The molecular weight excluding hydrogens is 368 g/mol. The number of carbonyl (C=O) groups excluding carboxylic acids is 2. The van der Waals surface area contributed by atoms with Crippen LogP contribution < -0.4 is 10.2 Å². The molecule has 0 aromatic heterocycles. The third-order valence-corrected chi connectivity index (χ3v) is 5.35. The Morgan fingerprint density at radius 2 is 2.15 bits per heavy atom. The zero-order valence-corrected chi connectivity index (χ0v) is 14.5. The molecule has 140 valence electrons. The smallest absolute Gasteiger partial charge is 0.321 e. The van der Waals surface area contributed by atoms with E-state index in [1.165, 1.54) is 22.7 Å². The van der Waals surface area contributed by atoms with Crippen molar-refractivity contribution in [3.05, 3.63) is 18.2 Å². The summed E-state index contributed by atoms with van der Waals surface area (Å²) in [6.45, 7) is -0.242. The van der Waals surface area contributed by atoms with Crippen LogP contribution in [0, 0.1) is 5.92 Å². The second-order valence-corrected chi connectivity index (χ2v) is 7.08. The lowest BCUT2D eigenvalue weighted by molar-refractivity contribution is -0.141. The number of hydrogen-bond acceptors (Lipinski definition) is 4. The number of aliphatic carboxylic acids is 1. The maximum Gasteiger partial charge on any atom is 0.321 e. The van der Waals surface area contributed by atoms with Gasteiger partial charge < -0.3 is 20.2 Å². The summed E-state index contributed by atoms with van der Waals surface area (Å²) < 4.78 is 25.6. The van der Waals surface area contributed by atoms with Gasteiger partial charge in [0.25, 0.3) is 6.43 Å². The van der Waals surface area contributed by atoms with Crippen LogP contribution in [-0.4, -0.2) is 59.7 Å². The second kappa shape index (κ2) is 7.48. The van der Waals surface area contributed by atoms with Crippen molar-refractivity contribution >= 4 is 41.0 Å². The van der Waals surface area contributed by atoms with E-state index in [2.05, 4.69) is 5.32 Å². The van der Waals surface area contributed by atoms with Gasteiger partial charge in [-0.2, -0.15) is 0 Å². The molecule has 2 aliphatic rings. The van der Waals surface area contributed by atoms with E-state index >= 15 is 0 Å². The van der Waals surface area contributed by atoms with Crippen molar-refractivity contribution in [3.8, 4) is 0 Å². The summed E-state index contributed by atoms with van der Waals surface area (Å²) in [5.74, 6) is -1.84. The van der Waals surface area contributed by atoms with E-state index in [1.54, 1.807) is 12.1 Å². The Morgan fingerprint density at radius 1 is 1.38 bits per heavy atom. The Hall–Kier alpha value is -2.36. The third-order valence-electron chi connectivity index (χ3n) is 4.30. The number of urea groups is 1. The Labute approximate surface area is 152 Å². The van der Waals surface area contributed by atoms with Gasteiger partial charge in [-0.15, -0.1) is 11.8 Å². The molecule has 0 bridgehead atoms. The highest BCUT2D eigenvalue weighted by atomic mass is 32.2. The van der Waals surface area contributed by atoms with E-state index in [0.717, 1.165) is 4.90 Å². The Balaban J connectivity index is 1.74. The van der Waals surface area contributed by atoms with Crippen LogP contribution in [-0.2, 0) is 9.59 Å². The summed E-state index contributed by atoms with van der Waals surface area (Å²) in [6, 6.07) is 4.34. The van der Waals surface area contributed by atoms with Crippen molar-refractivity contribution in [2.45, 2.75) is 17.7 Å². The number of anilines is 2. The van der Waals surface area contributed by atoms with E-state index in [4.69, 9.17) is 5.11 Å². The number of amides is 3. The van der Waals surface area contributed by atoms with Crippen LogP contribution >= 0.6 is 11.8 Å². The highest BCUT2D eigenvalue weighted by molar-refractivity contribution is 8.00. The summed E-state index contributed by atoms with van der Waals surface area (Å²) in [7, 11) is 0. The molecule has 1 fully saturated rings. The molecule has 1 aromatic carbocycles. The second-order valence-electron chi connectivity index (χ2n) is 6.07. The van der Waals surface area contributed by atoms with Crippen molar-refractivity contribution in [2.75, 3.05) is 35.6 Å². The Bertz CT molecular complexity index is 746. The number of likely N-dealkylation sites (tertiary alicyclic amines) is 1. The van der Waals surface area contributed by atoms with E-state index in [9.17, 15) is 23.2 Å². The number of fused-ring (bicyclic) bond motifs is 1. The van der Waals surface area contributed by atoms with Crippen molar-refractivity contribution in [1.82, 2.24) is 4.90 Å². The van der Waals surface area contributed by atoms with Gasteiger partial charge >= 0.3 is 12.0 Å². The quantitative estimate of drug-likeness (QED) is 0.830. The number of thioether (sulfide) groups is 1. The zero-order valence-electron chi connectivity index (χ0n) is 13.7. The fourth-order valence-electron chi connectivity index (χ4n) is 2.97. The highest BCUT2D eigenvalue weighted by Gasteiger charge is 2.31. The van der Waals surface area contributed by atoms with Crippen molar-refractivity contribution in [2.24, 2.45) is 5.92 Å². The number of rotatable bonds is 4. The summed E-state index contributed by atoms with van der Waals surface area (Å²) >= 11 is 1.26. The molecule has 3 rings (SSSR count). The van der Waals surface area contributed by atoms with Crippen molar-refractivity contribution in [1.29, 1.82) is 0 Å². The number of benzene rings is 1. The first-order chi connectivity index (χ1) is 12.3. The van der Waals surface area contributed by atoms with Gasteiger partial charge in [-0.05, 0) is 24.6 Å². The number of hydrogen-bond donors (Lipinski definition) is 2. The van der Waals surface area contributed by atoms with Gasteiger partial charge in [0.05, 0.1) is 23.9 Å². The number of nitrogens with zero attached hydrogens (tertiary/aromatic N) is 2. The first kappa shape index (κ1) is 18.4. The zero-order chi connectivity index (χ0) is 18.8. The average molecular weight is 385 g/mol. The lowest BCUT2D eigenvalue weighted by atomic mass is 10.1. The first-order valence-electron chi connectivity index (χ1n) is 7.99. The molecule has 1 unspecified atom stereocenters. The number of carboxylic acids is 1. The number of halogens is 2. The molecule has 26 heavy (non-hydrogen) atoms. The van der Waals surface area contributed by atoms with Crippen LogP contribution in [0.1, 0.15) is 6.42 Å². The fourth-order valence-corrected chi connectivity index (χ4v) is 3.88. The lowest BCUT2D eigenvalue weighted by Crippen LogP contribution is -2.39. The van der Waals surface area contributed by atoms with Crippen LogP contribution in [0.3, 0.4) is 0 Å². The molecule has 2 heterocycles. The summed E-state index contributed by atoms with van der Waals surface area (Å²) in [5, 5.41) is 11.6. The summed E-state index contributed by atoms with van der Waals surface area (Å²) in [6.07, 6.45) is -2.27. The monoisotopic (exact) mass is 385 g/mol. The number of carboxylic acid groups (broad SMARTS) is 1. The molecule has 2 aliphatic heterocycles. The molecule has 7 nitrogen and oxygen atoms in total. The van der Waals surface area contributed by atoms with Crippen molar-refractivity contribution in [3.63, 3.8) is 0 Å². The average Bonchev–Trinajstić information content (AvgIpc) is 3.08. The van der Waals surface area contributed by atoms with Crippen LogP contribution in [0.2, 0.25) is 0 Å². The largest absolute Gasteiger partial charge is 0.481 e. The minimum atomic E-state index is -2.66. The standard InChI is InChI=1S/C16H17F2N3O4S/c17-13(18)7-21-11-5-10(1-2-12(11)26-8-14(21)22)19-16(25)20-4-3-9(6-20)15(23)24/h1-2,5,9,13H,3-4,6-8H2,(H,19,25)(H,23,24). The van der Waals surface area contributed by atoms with Gasteiger partial charge in [-0.25, -0.2) is 13.6 Å². The predicted octanol–water partition coefficient (Wildman–Crippen LogP) is 2.33. The molecule has 1 atom stereocenters. The van der Waals surface area contributed by atoms with E-state index in [0.29, 0.717) is 29.2 Å². The van der Waals surface area contributed by atoms with Gasteiger partial charge in [0.15, 0.2) is 0 Å². The molecular formula is C16H17F2N3O4S. The SMILES string of the molecule is O=C(O)C1CCN(C(=O)Nc2ccc3c(c2)N(CC(F)F)C(=O)CS3)C1. The Kier molecular flexibility index (Phi) is 5.30. The maximum atomic E-state index is 12.8. The molecule has 0 aliphatic carbocycles. The van der Waals surface area contributed by atoms with Crippen LogP contribution in [0.15, 0.2) is 23.1 Å². The van der Waals surface area contributed by atoms with Crippen LogP contribution in [0.5, 0.6) is 0 Å². The molecule has 0 radical (unpaired) electrons. The minimum Gasteiger partial charge on any atom is -0.481 e. The van der Waals surface area contributed by atoms with Crippen molar-refractivity contribution < 1.29 is 28.3 Å². The molecule has 0 spiro atoms. The van der Waals surface area contributed by atoms with Gasteiger partial charge in [-0.1, -0.05) is 0 Å². The van der Waals surface area contributed by atoms with Gasteiger partial charge in [0.1, 0.15) is 0 Å². The molecule has 1 aromatic rings. The molecule has 3 amide bonds. The minimum absolute atomic E-state index is 0.0930. The molecule has 0 saturated carbocycles. The normalized spacial score (nSPS) is 19.7. The highest BCUT2D eigenvalue weighted by Crippen LogP contribution is 2.37. The first-order valence-corrected chi connectivity index (χ1v) is 8.98. The van der Waals surface area contributed by atoms with Crippen LogP contribution in [0.25, 0.3) is 0 Å². The van der Waals surface area contributed by atoms with Crippen LogP contribution in [0.4, 0.5) is 25.0 Å². The maximum absolute atomic E-state index is 12.8.